The molecule has 0 amide bonds. The van der Waals surface area contributed by atoms with Crippen molar-refractivity contribution in [2.24, 2.45) is 0 Å². The standard InChI is InChI=1S/C28H30F2O3/c1-3-5-7-8-20-9-15-25(26(29)18-20)22-12-16-24(27(30)19-22)21-10-13-23(14-11-21)33-28(31)32-17-6-4-2/h9-16,18-19H,3-8,17H2,1-2H3. The maximum absolute atomic E-state index is 14.9. The lowest BCUT2D eigenvalue weighted by atomic mass is 9.97. The maximum atomic E-state index is 14.9. The molecular formula is C28H30F2O3. The van der Waals surface area contributed by atoms with Crippen molar-refractivity contribution in [3.8, 4) is 28.0 Å². The van der Waals surface area contributed by atoms with Gasteiger partial charge in [-0.15, -0.1) is 0 Å². The minimum Gasteiger partial charge on any atom is -0.434 e. The number of hydrogen-bond donors (Lipinski definition) is 0. The van der Waals surface area contributed by atoms with Gasteiger partial charge >= 0.3 is 6.16 Å². The Balaban J connectivity index is 1.70. The summed E-state index contributed by atoms with van der Waals surface area (Å²) in [4.78, 5) is 11.6. The predicted molar refractivity (Wildman–Crippen MR) is 127 cm³/mol. The number of carbonyl (C=O) groups is 1. The average Bonchev–Trinajstić information content (AvgIpc) is 2.80. The van der Waals surface area contributed by atoms with E-state index in [2.05, 4.69) is 6.92 Å². The number of unbranched alkanes of at least 4 members (excludes halogenated alkanes) is 3. The first-order valence-electron chi connectivity index (χ1n) is 11.5. The highest BCUT2D eigenvalue weighted by Gasteiger charge is 2.12. The Bertz CT molecular complexity index is 1060. The van der Waals surface area contributed by atoms with Crippen molar-refractivity contribution in [1.82, 2.24) is 0 Å². The highest BCUT2D eigenvalue weighted by Crippen LogP contribution is 2.31. The van der Waals surface area contributed by atoms with Gasteiger partial charge in [0.15, 0.2) is 0 Å². The minimum absolute atomic E-state index is 0.313. The molecule has 5 heteroatoms. The van der Waals surface area contributed by atoms with Gasteiger partial charge in [0.25, 0.3) is 0 Å². The first-order valence-corrected chi connectivity index (χ1v) is 11.5. The van der Waals surface area contributed by atoms with Crippen LogP contribution in [-0.4, -0.2) is 12.8 Å². The van der Waals surface area contributed by atoms with Gasteiger partial charge in [0.2, 0.25) is 0 Å². The zero-order valence-electron chi connectivity index (χ0n) is 19.2. The number of halogens is 2. The van der Waals surface area contributed by atoms with Crippen molar-refractivity contribution >= 4 is 6.16 Å². The lowest BCUT2D eigenvalue weighted by molar-refractivity contribution is 0.0978. The number of benzene rings is 3. The van der Waals surface area contributed by atoms with Crippen LogP contribution in [0.25, 0.3) is 22.3 Å². The topological polar surface area (TPSA) is 35.5 Å². The molecule has 33 heavy (non-hydrogen) atoms. The first kappa shape index (κ1) is 24.4. The summed E-state index contributed by atoms with van der Waals surface area (Å²) in [5.41, 5.74) is 2.83. The molecule has 0 fully saturated rings. The van der Waals surface area contributed by atoms with Crippen molar-refractivity contribution < 1.29 is 23.0 Å². The van der Waals surface area contributed by atoms with Crippen LogP contribution in [0.2, 0.25) is 0 Å². The molecular weight excluding hydrogens is 422 g/mol. The van der Waals surface area contributed by atoms with Crippen molar-refractivity contribution in [2.45, 2.75) is 52.4 Å². The second-order valence-electron chi connectivity index (χ2n) is 8.04. The zero-order chi connectivity index (χ0) is 23.6. The summed E-state index contributed by atoms with van der Waals surface area (Å²) < 4.78 is 39.6. The molecule has 3 nitrogen and oxygen atoms in total. The molecule has 0 spiro atoms. The molecule has 0 heterocycles. The number of hydrogen-bond acceptors (Lipinski definition) is 3. The van der Waals surface area contributed by atoms with Crippen LogP contribution in [0.1, 0.15) is 51.5 Å². The molecule has 0 bridgehead atoms. The Morgan fingerprint density at radius 1 is 0.758 bits per heavy atom. The Morgan fingerprint density at radius 3 is 2.06 bits per heavy atom. The molecule has 0 saturated carbocycles. The number of rotatable bonds is 10. The van der Waals surface area contributed by atoms with Crippen LogP contribution in [0.3, 0.4) is 0 Å². The summed E-state index contributed by atoms with van der Waals surface area (Å²) in [6.45, 7) is 4.45. The van der Waals surface area contributed by atoms with Gasteiger partial charge in [-0.1, -0.05) is 69.5 Å². The summed E-state index contributed by atoms with van der Waals surface area (Å²) in [5, 5.41) is 0. The van der Waals surface area contributed by atoms with E-state index in [4.69, 9.17) is 9.47 Å². The van der Waals surface area contributed by atoms with Gasteiger partial charge < -0.3 is 9.47 Å². The fourth-order valence-corrected chi connectivity index (χ4v) is 3.57. The average molecular weight is 453 g/mol. The largest absolute Gasteiger partial charge is 0.513 e. The zero-order valence-corrected chi connectivity index (χ0v) is 19.2. The van der Waals surface area contributed by atoms with Gasteiger partial charge in [0.05, 0.1) is 6.61 Å². The normalized spacial score (nSPS) is 10.8. The smallest absolute Gasteiger partial charge is 0.434 e. The van der Waals surface area contributed by atoms with Gasteiger partial charge in [-0.25, -0.2) is 13.6 Å². The second kappa shape index (κ2) is 12.1. The number of carbonyl (C=O) groups excluding carboxylic acids is 1. The predicted octanol–water partition coefficient (Wildman–Crippen LogP) is 8.35. The lowest BCUT2D eigenvalue weighted by Crippen LogP contribution is -2.11. The van der Waals surface area contributed by atoms with Crippen LogP contribution in [0.5, 0.6) is 5.75 Å². The summed E-state index contributed by atoms with van der Waals surface area (Å²) in [6, 6.07) is 16.4. The first-order chi connectivity index (χ1) is 16.0. The van der Waals surface area contributed by atoms with Gasteiger partial charge in [0.1, 0.15) is 17.4 Å². The van der Waals surface area contributed by atoms with Crippen LogP contribution in [0.15, 0.2) is 60.7 Å². The van der Waals surface area contributed by atoms with Crippen molar-refractivity contribution in [1.29, 1.82) is 0 Å². The minimum atomic E-state index is -0.759. The van der Waals surface area contributed by atoms with E-state index in [1.54, 1.807) is 48.5 Å². The summed E-state index contributed by atoms with van der Waals surface area (Å²) in [7, 11) is 0. The third kappa shape index (κ3) is 6.88. The molecule has 0 atom stereocenters. The number of aryl methyl sites for hydroxylation is 1. The molecule has 0 unspecified atom stereocenters. The van der Waals surface area contributed by atoms with Crippen LogP contribution < -0.4 is 4.74 Å². The van der Waals surface area contributed by atoms with Gasteiger partial charge in [0, 0.05) is 11.1 Å². The molecule has 0 aliphatic carbocycles. The van der Waals surface area contributed by atoms with Crippen LogP contribution >= 0.6 is 0 Å². The van der Waals surface area contributed by atoms with E-state index >= 15 is 0 Å². The van der Waals surface area contributed by atoms with Gasteiger partial charge in [-0.05, 0) is 60.2 Å². The number of ether oxygens (including phenoxy) is 2. The van der Waals surface area contributed by atoms with E-state index in [-0.39, 0.29) is 5.82 Å². The summed E-state index contributed by atoms with van der Waals surface area (Å²) in [5.74, 6) is -0.478. The Labute approximate surface area is 194 Å². The van der Waals surface area contributed by atoms with Gasteiger partial charge in [-0.2, -0.15) is 0 Å². The summed E-state index contributed by atoms with van der Waals surface area (Å²) >= 11 is 0. The van der Waals surface area contributed by atoms with E-state index in [1.807, 2.05) is 13.0 Å². The fraction of sp³-hybridized carbons (Fsp3) is 0.321. The second-order valence-corrected chi connectivity index (χ2v) is 8.04. The van der Waals surface area contributed by atoms with E-state index in [0.29, 0.717) is 34.6 Å². The molecule has 0 saturated heterocycles. The van der Waals surface area contributed by atoms with Crippen molar-refractivity contribution in [2.75, 3.05) is 6.61 Å². The van der Waals surface area contributed by atoms with E-state index in [0.717, 1.165) is 44.1 Å². The quantitative estimate of drug-likeness (QED) is 0.176. The highest BCUT2D eigenvalue weighted by molar-refractivity contribution is 5.72. The maximum Gasteiger partial charge on any atom is 0.513 e. The monoisotopic (exact) mass is 452 g/mol. The van der Waals surface area contributed by atoms with E-state index in [1.165, 1.54) is 6.07 Å². The SMILES string of the molecule is CCCCCc1ccc(-c2ccc(-c3ccc(OC(=O)OCCCC)cc3)c(F)c2)c(F)c1. The molecule has 3 aromatic carbocycles. The Hall–Kier alpha value is -3.21. The molecule has 0 aliphatic heterocycles. The highest BCUT2D eigenvalue weighted by atomic mass is 19.1. The van der Waals surface area contributed by atoms with E-state index in [9.17, 15) is 13.6 Å². The molecule has 3 aromatic rings. The third-order valence-corrected chi connectivity index (χ3v) is 5.47. The van der Waals surface area contributed by atoms with Crippen LogP contribution in [0, 0.1) is 11.6 Å². The van der Waals surface area contributed by atoms with Crippen molar-refractivity contribution in [3.05, 3.63) is 77.9 Å². The fourth-order valence-electron chi connectivity index (χ4n) is 3.57. The molecule has 174 valence electrons. The van der Waals surface area contributed by atoms with Crippen LogP contribution in [-0.2, 0) is 11.2 Å². The molecule has 0 aliphatic rings. The Kier molecular flexibility index (Phi) is 8.99. The third-order valence-electron chi connectivity index (χ3n) is 5.47. The molecule has 0 radical (unpaired) electrons. The molecule has 0 N–H and O–H groups in total. The molecule has 0 aromatic heterocycles. The van der Waals surface area contributed by atoms with E-state index < -0.39 is 12.0 Å². The van der Waals surface area contributed by atoms with Crippen molar-refractivity contribution in [3.63, 3.8) is 0 Å². The summed E-state index contributed by atoms with van der Waals surface area (Å²) in [6.07, 6.45) is 5.04. The Morgan fingerprint density at radius 2 is 1.39 bits per heavy atom. The lowest BCUT2D eigenvalue weighted by Gasteiger charge is -2.10. The van der Waals surface area contributed by atoms with Crippen LogP contribution in [0.4, 0.5) is 13.6 Å². The molecule has 3 rings (SSSR count). The van der Waals surface area contributed by atoms with Gasteiger partial charge in [-0.3, -0.25) is 0 Å².